The Bertz CT molecular complexity index is 322. The van der Waals surface area contributed by atoms with Crippen LogP contribution in [0.3, 0.4) is 0 Å². The molecular weight excluding hydrogens is 208 g/mol. The fourth-order valence-electron chi connectivity index (χ4n) is 1.08. The molecule has 15 heavy (non-hydrogen) atoms. The number of carbonyl (C=O) groups excluding carboxylic acids is 1. The quantitative estimate of drug-likeness (QED) is 0.606. The Labute approximate surface area is 94.4 Å². The molecule has 0 bridgehead atoms. The predicted octanol–water partition coefficient (Wildman–Crippen LogP) is 1.89. The number of carbonyl (C=O) groups is 1. The van der Waals surface area contributed by atoms with E-state index in [-0.39, 0.29) is 11.9 Å². The Balaban J connectivity index is 2.37. The van der Waals surface area contributed by atoms with Gasteiger partial charge < -0.3 is 11.1 Å². The van der Waals surface area contributed by atoms with Gasteiger partial charge in [0.15, 0.2) is 0 Å². The molecule has 3 N–H and O–H groups in total. The van der Waals surface area contributed by atoms with Gasteiger partial charge in [0.05, 0.1) is 5.75 Å². The average molecular weight is 224 g/mol. The Morgan fingerprint density at radius 1 is 1.40 bits per heavy atom. The van der Waals surface area contributed by atoms with Crippen molar-refractivity contribution in [3.8, 4) is 0 Å². The van der Waals surface area contributed by atoms with Crippen molar-refractivity contribution in [2.45, 2.75) is 24.8 Å². The van der Waals surface area contributed by atoms with Crippen molar-refractivity contribution >= 4 is 23.4 Å². The first-order chi connectivity index (χ1) is 7.08. The Hall–Kier alpha value is -1.16. The van der Waals surface area contributed by atoms with Crippen molar-refractivity contribution < 1.29 is 4.79 Å². The molecule has 1 aromatic rings. The van der Waals surface area contributed by atoms with Crippen LogP contribution < -0.4 is 11.1 Å². The fraction of sp³-hybridized carbons (Fsp3) is 0.364. The van der Waals surface area contributed by atoms with Crippen molar-refractivity contribution in [3.05, 3.63) is 24.3 Å². The summed E-state index contributed by atoms with van der Waals surface area (Å²) in [6, 6.07) is 7.71. The van der Waals surface area contributed by atoms with Crippen LogP contribution in [0.4, 0.5) is 5.69 Å². The zero-order valence-electron chi connectivity index (χ0n) is 8.99. The summed E-state index contributed by atoms with van der Waals surface area (Å²) in [5.41, 5.74) is 6.30. The lowest BCUT2D eigenvalue weighted by Crippen LogP contribution is -2.31. The Morgan fingerprint density at radius 2 is 2.00 bits per heavy atom. The van der Waals surface area contributed by atoms with Crippen molar-refractivity contribution in [2.24, 2.45) is 0 Å². The van der Waals surface area contributed by atoms with E-state index in [0.717, 1.165) is 10.6 Å². The van der Waals surface area contributed by atoms with Crippen LogP contribution in [0.1, 0.15) is 13.8 Å². The van der Waals surface area contributed by atoms with Gasteiger partial charge in [-0.15, -0.1) is 11.8 Å². The maximum Gasteiger partial charge on any atom is 0.230 e. The van der Waals surface area contributed by atoms with E-state index in [0.29, 0.717) is 5.75 Å². The van der Waals surface area contributed by atoms with Crippen LogP contribution in [0.25, 0.3) is 0 Å². The number of thioether (sulfide) groups is 1. The van der Waals surface area contributed by atoms with Crippen molar-refractivity contribution in [3.63, 3.8) is 0 Å². The first-order valence-electron chi connectivity index (χ1n) is 4.85. The summed E-state index contributed by atoms with van der Waals surface area (Å²) in [4.78, 5) is 12.4. The second kappa shape index (κ2) is 5.66. The smallest absolute Gasteiger partial charge is 0.230 e. The summed E-state index contributed by atoms with van der Waals surface area (Å²) in [7, 11) is 0. The number of benzene rings is 1. The fourth-order valence-corrected chi connectivity index (χ4v) is 1.79. The molecule has 0 radical (unpaired) electrons. The Kier molecular flexibility index (Phi) is 4.49. The zero-order chi connectivity index (χ0) is 11.3. The minimum atomic E-state index is 0.0619. The van der Waals surface area contributed by atoms with Gasteiger partial charge in [-0.25, -0.2) is 0 Å². The van der Waals surface area contributed by atoms with Crippen LogP contribution in [0.2, 0.25) is 0 Å². The van der Waals surface area contributed by atoms with E-state index >= 15 is 0 Å². The lowest BCUT2D eigenvalue weighted by Gasteiger charge is -2.07. The molecule has 0 fully saturated rings. The molecule has 1 amide bonds. The molecule has 0 unspecified atom stereocenters. The molecule has 1 rings (SSSR count). The molecule has 3 nitrogen and oxygen atoms in total. The molecule has 82 valence electrons. The van der Waals surface area contributed by atoms with E-state index in [1.165, 1.54) is 11.8 Å². The lowest BCUT2D eigenvalue weighted by molar-refractivity contribution is -0.119. The predicted molar refractivity (Wildman–Crippen MR) is 64.9 cm³/mol. The highest BCUT2D eigenvalue weighted by molar-refractivity contribution is 8.00. The molecule has 0 heterocycles. The molecule has 0 spiro atoms. The molecule has 0 aliphatic rings. The number of nitrogen functional groups attached to an aromatic ring is 1. The summed E-state index contributed by atoms with van der Waals surface area (Å²) in [6.45, 7) is 3.90. The van der Waals surface area contributed by atoms with Crippen molar-refractivity contribution in [2.75, 3.05) is 11.5 Å². The minimum absolute atomic E-state index is 0.0619. The van der Waals surface area contributed by atoms with Crippen LogP contribution in [-0.2, 0) is 4.79 Å². The number of nitrogens with two attached hydrogens (primary N) is 1. The van der Waals surface area contributed by atoms with Crippen molar-refractivity contribution in [1.29, 1.82) is 0 Å². The standard InChI is InChI=1S/C11H16N2OS/c1-8(2)13-11(14)7-15-10-5-3-9(12)4-6-10/h3-6,8H,7,12H2,1-2H3,(H,13,14). The summed E-state index contributed by atoms with van der Waals surface area (Å²) in [5, 5.41) is 2.84. The highest BCUT2D eigenvalue weighted by atomic mass is 32.2. The van der Waals surface area contributed by atoms with Crippen LogP contribution in [0, 0.1) is 0 Å². The second-order valence-corrected chi connectivity index (χ2v) is 4.63. The number of anilines is 1. The highest BCUT2D eigenvalue weighted by Gasteiger charge is 2.03. The van der Waals surface area contributed by atoms with Gasteiger partial charge in [0, 0.05) is 16.6 Å². The van der Waals surface area contributed by atoms with E-state index in [9.17, 15) is 4.79 Å². The van der Waals surface area contributed by atoms with E-state index in [2.05, 4.69) is 5.32 Å². The van der Waals surface area contributed by atoms with E-state index < -0.39 is 0 Å². The van der Waals surface area contributed by atoms with Gasteiger partial charge >= 0.3 is 0 Å². The third-order valence-electron chi connectivity index (χ3n) is 1.70. The summed E-state index contributed by atoms with van der Waals surface area (Å²) < 4.78 is 0. The van der Waals surface area contributed by atoms with E-state index in [1.54, 1.807) is 0 Å². The molecule has 0 aromatic heterocycles. The Morgan fingerprint density at radius 3 is 2.53 bits per heavy atom. The molecule has 1 aromatic carbocycles. The van der Waals surface area contributed by atoms with Gasteiger partial charge in [-0.1, -0.05) is 0 Å². The second-order valence-electron chi connectivity index (χ2n) is 3.58. The van der Waals surface area contributed by atoms with Crippen LogP contribution in [-0.4, -0.2) is 17.7 Å². The average Bonchev–Trinajstić information content (AvgIpc) is 2.16. The number of rotatable bonds is 4. The molecule has 0 aliphatic carbocycles. The summed E-state index contributed by atoms with van der Waals surface area (Å²) in [5.74, 6) is 0.508. The topological polar surface area (TPSA) is 55.1 Å². The maximum atomic E-state index is 11.3. The zero-order valence-corrected chi connectivity index (χ0v) is 9.80. The minimum Gasteiger partial charge on any atom is -0.399 e. The molecule has 0 atom stereocenters. The first kappa shape index (κ1) is 11.9. The van der Waals surface area contributed by atoms with Gasteiger partial charge in [0.2, 0.25) is 5.91 Å². The van der Waals surface area contributed by atoms with Gasteiger partial charge in [0.1, 0.15) is 0 Å². The molecule has 0 saturated heterocycles. The van der Waals surface area contributed by atoms with Gasteiger partial charge in [-0.2, -0.15) is 0 Å². The first-order valence-corrected chi connectivity index (χ1v) is 5.84. The number of hydrogen-bond donors (Lipinski definition) is 2. The van der Waals surface area contributed by atoms with E-state index in [4.69, 9.17) is 5.73 Å². The number of hydrogen-bond acceptors (Lipinski definition) is 3. The normalized spacial score (nSPS) is 10.3. The molecule has 4 heteroatoms. The third kappa shape index (κ3) is 4.74. The summed E-state index contributed by atoms with van der Waals surface area (Å²) in [6.07, 6.45) is 0. The largest absolute Gasteiger partial charge is 0.399 e. The molecular formula is C11H16N2OS. The van der Waals surface area contributed by atoms with Crippen LogP contribution in [0.5, 0.6) is 0 Å². The SMILES string of the molecule is CC(C)NC(=O)CSc1ccc(N)cc1. The number of nitrogens with one attached hydrogen (secondary N) is 1. The van der Waals surface area contributed by atoms with E-state index in [1.807, 2.05) is 38.1 Å². The third-order valence-corrected chi connectivity index (χ3v) is 2.71. The monoisotopic (exact) mass is 224 g/mol. The number of amides is 1. The van der Waals surface area contributed by atoms with Crippen LogP contribution >= 0.6 is 11.8 Å². The van der Waals surface area contributed by atoms with Crippen molar-refractivity contribution in [1.82, 2.24) is 5.32 Å². The lowest BCUT2D eigenvalue weighted by atomic mass is 10.3. The van der Waals surface area contributed by atoms with Gasteiger partial charge in [-0.3, -0.25) is 4.79 Å². The van der Waals surface area contributed by atoms with Gasteiger partial charge in [0.25, 0.3) is 0 Å². The maximum absolute atomic E-state index is 11.3. The molecule has 0 saturated carbocycles. The van der Waals surface area contributed by atoms with Gasteiger partial charge in [-0.05, 0) is 38.1 Å². The summed E-state index contributed by atoms with van der Waals surface area (Å²) >= 11 is 1.51. The molecule has 0 aliphatic heterocycles. The highest BCUT2D eigenvalue weighted by Crippen LogP contribution is 2.18. The van der Waals surface area contributed by atoms with Crippen LogP contribution in [0.15, 0.2) is 29.2 Å².